The fraction of sp³-hybridized carbons (Fsp3) is 0.211. The summed E-state index contributed by atoms with van der Waals surface area (Å²) in [7, 11) is 0. The first-order valence-electron chi connectivity index (χ1n) is 15.9. The number of hydrogen-bond donors (Lipinski definition) is 2. The van der Waals surface area contributed by atoms with E-state index in [0.717, 1.165) is 10.6 Å². The topological polar surface area (TPSA) is 107 Å². The SMILES string of the molecule is O=C1C2CC3C(=CCC4C(=O)N(c5ccc(Cl)cc5)C(=O)C43)C(c3cccc(O)c3)C2(c2ccc(Cl)cc2)C(=O)N1Nc1ccc(F)cc1. The minimum absolute atomic E-state index is 0.0317. The number of phenols is 1. The van der Waals surface area contributed by atoms with Crippen molar-refractivity contribution in [3.63, 3.8) is 0 Å². The van der Waals surface area contributed by atoms with Crippen LogP contribution in [0.2, 0.25) is 10.0 Å². The second-order valence-electron chi connectivity index (χ2n) is 13.0. The van der Waals surface area contributed by atoms with Crippen molar-refractivity contribution in [2.75, 3.05) is 10.3 Å². The zero-order valence-electron chi connectivity index (χ0n) is 25.7. The molecule has 4 aromatic carbocycles. The number of imide groups is 2. The van der Waals surface area contributed by atoms with Gasteiger partial charge in [-0.2, -0.15) is 5.01 Å². The van der Waals surface area contributed by atoms with Crippen molar-refractivity contribution in [3.8, 4) is 5.75 Å². The van der Waals surface area contributed by atoms with Crippen LogP contribution in [0.15, 0.2) is 109 Å². The molecule has 6 unspecified atom stereocenters. The van der Waals surface area contributed by atoms with Gasteiger partial charge < -0.3 is 5.11 Å². The summed E-state index contributed by atoms with van der Waals surface area (Å²) in [6.07, 6.45) is 2.30. The van der Waals surface area contributed by atoms with Gasteiger partial charge in [-0.15, -0.1) is 0 Å². The Balaban J connectivity index is 1.31. The van der Waals surface area contributed by atoms with E-state index in [2.05, 4.69) is 5.43 Å². The molecule has 4 aromatic rings. The third-order valence-corrected chi connectivity index (χ3v) is 11.0. The number of benzene rings is 4. The lowest BCUT2D eigenvalue weighted by Crippen LogP contribution is -2.53. The van der Waals surface area contributed by atoms with E-state index in [4.69, 9.17) is 23.2 Å². The molecule has 8 nitrogen and oxygen atoms in total. The van der Waals surface area contributed by atoms with Gasteiger partial charge in [0.1, 0.15) is 11.6 Å². The number of nitrogens with zero attached hydrogens (tertiary/aromatic N) is 2. The molecule has 2 aliphatic carbocycles. The Morgan fingerprint density at radius 1 is 0.796 bits per heavy atom. The lowest BCUT2D eigenvalue weighted by Gasteiger charge is -2.50. The number of aromatic hydroxyl groups is 1. The largest absolute Gasteiger partial charge is 0.508 e. The Hall–Kier alpha value is -4.99. The van der Waals surface area contributed by atoms with Gasteiger partial charge in [-0.05, 0) is 103 Å². The van der Waals surface area contributed by atoms with Crippen molar-refractivity contribution in [3.05, 3.63) is 136 Å². The molecular weight excluding hydrogens is 668 g/mol. The van der Waals surface area contributed by atoms with Gasteiger partial charge in [0.15, 0.2) is 0 Å². The summed E-state index contributed by atoms with van der Waals surface area (Å²) in [5.41, 5.74) is 4.00. The molecule has 0 radical (unpaired) electrons. The number of fused-ring (bicyclic) bond motifs is 4. The van der Waals surface area contributed by atoms with Gasteiger partial charge in [0, 0.05) is 16.0 Å². The maximum Gasteiger partial charge on any atom is 0.260 e. The molecule has 2 heterocycles. The minimum atomic E-state index is -1.53. The highest BCUT2D eigenvalue weighted by Crippen LogP contribution is 2.64. The molecule has 2 saturated heterocycles. The van der Waals surface area contributed by atoms with E-state index in [1.54, 1.807) is 66.7 Å². The van der Waals surface area contributed by atoms with Crippen LogP contribution in [0.4, 0.5) is 15.8 Å². The van der Waals surface area contributed by atoms with Crippen LogP contribution < -0.4 is 10.3 Å². The third-order valence-electron chi connectivity index (χ3n) is 10.5. The fourth-order valence-corrected chi connectivity index (χ4v) is 8.83. The molecule has 11 heteroatoms. The summed E-state index contributed by atoms with van der Waals surface area (Å²) in [6, 6.07) is 25.2. The predicted molar refractivity (Wildman–Crippen MR) is 181 cm³/mol. The standard InChI is InChI=1S/C38H28Cl2FN3O5/c39-22-6-4-21(5-7-22)38-31(35(47)44(37(38)49)42-25-12-10-24(41)11-13-25)19-30-28(33(38)20-2-1-3-27(45)18-20)16-17-29-32(30)36(48)43(34(29)46)26-14-8-23(40)9-15-26/h1-16,18,29-33,42,45H,17,19H2. The molecule has 3 fully saturated rings. The second-order valence-corrected chi connectivity index (χ2v) is 13.8. The number of hydrazine groups is 1. The Morgan fingerprint density at radius 3 is 2.14 bits per heavy atom. The number of amides is 4. The molecule has 6 atom stereocenters. The Bertz CT molecular complexity index is 2070. The van der Waals surface area contributed by atoms with Gasteiger partial charge in [0.25, 0.3) is 11.8 Å². The molecule has 2 N–H and O–H groups in total. The van der Waals surface area contributed by atoms with E-state index >= 15 is 4.79 Å². The monoisotopic (exact) mass is 695 g/mol. The van der Waals surface area contributed by atoms with Crippen LogP contribution in [-0.2, 0) is 24.6 Å². The summed E-state index contributed by atoms with van der Waals surface area (Å²) >= 11 is 12.4. The smallest absolute Gasteiger partial charge is 0.260 e. The molecule has 8 rings (SSSR count). The van der Waals surface area contributed by atoms with Gasteiger partial charge in [-0.25, -0.2) is 4.39 Å². The molecule has 4 amide bonds. The van der Waals surface area contributed by atoms with Crippen molar-refractivity contribution in [2.24, 2.45) is 23.7 Å². The van der Waals surface area contributed by atoms with E-state index in [0.29, 0.717) is 32.5 Å². The molecule has 246 valence electrons. The zero-order chi connectivity index (χ0) is 34.2. The number of rotatable bonds is 5. The lowest BCUT2D eigenvalue weighted by atomic mass is 9.49. The molecule has 0 spiro atoms. The Morgan fingerprint density at radius 2 is 1.47 bits per heavy atom. The number of halogens is 3. The summed E-state index contributed by atoms with van der Waals surface area (Å²) in [5, 5.41) is 12.6. The van der Waals surface area contributed by atoms with Gasteiger partial charge in [-0.1, -0.05) is 59.1 Å². The predicted octanol–water partition coefficient (Wildman–Crippen LogP) is 7.03. The van der Waals surface area contributed by atoms with Crippen LogP contribution in [-0.4, -0.2) is 33.7 Å². The average Bonchev–Trinajstić information content (AvgIpc) is 3.47. The van der Waals surface area contributed by atoms with Crippen molar-refractivity contribution < 1.29 is 28.7 Å². The molecule has 0 bridgehead atoms. The van der Waals surface area contributed by atoms with Crippen LogP contribution in [0.3, 0.4) is 0 Å². The quantitative estimate of drug-likeness (QED) is 0.172. The lowest BCUT2D eigenvalue weighted by molar-refractivity contribution is -0.138. The van der Waals surface area contributed by atoms with E-state index in [1.807, 2.05) is 6.08 Å². The van der Waals surface area contributed by atoms with Gasteiger partial charge in [0.2, 0.25) is 11.8 Å². The molecule has 4 aliphatic rings. The number of anilines is 2. The van der Waals surface area contributed by atoms with E-state index < -0.39 is 52.6 Å². The molecule has 1 saturated carbocycles. The first-order valence-corrected chi connectivity index (χ1v) is 16.6. The van der Waals surface area contributed by atoms with E-state index in [9.17, 15) is 23.9 Å². The number of hydrogen-bond acceptors (Lipinski definition) is 6. The van der Waals surface area contributed by atoms with E-state index in [-0.39, 0.29) is 30.4 Å². The van der Waals surface area contributed by atoms with Gasteiger partial charge in [-0.3, -0.25) is 29.5 Å². The number of nitrogens with one attached hydrogen (secondary N) is 1. The molecule has 49 heavy (non-hydrogen) atoms. The fourth-order valence-electron chi connectivity index (χ4n) is 8.58. The highest BCUT2D eigenvalue weighted by atomic mass is 35.5. The number of carbonyl (C=O) groups is 4. The normalized spacial score (nSPS) is 27.5. The van der Waals surface area contributed by atoms with Crippen LogP contribution in [0.25, 0.3) is 0 Å². The number of phenolic OH excluding ortho intramolecular Hbond substituents is 1. The number of carbonyl (C=O) groups excluding carboxylic acids is 4. The molecule has 0 aromatic heterocycles. The maximum atomic E-state index is 15.1. The Kier molecular flexibility index (Phi) is 7.39. The summed E-state index contributed by atoms with van der Waals surface area (Å²) in [4.78, 5) is 59.1. The van der Waals surface area contributed by atoms with Crippen molar-refractivity contribution in [2.45, 2.75) is 24.2 Å². The summed E-state index contributed by atoms with van der Waals surface area (Å²) < 4.78 is 13.8. The average molecular weight is 697 g/mol. The van der Waals surface area contributed by atoms with Crippen molar-refractivity contribution in [1.82, 2.24) is 5.01 Å². The first-order chi connectivity index (χ1) is 23.6. The first kappa shape index (κ1) is 31.3. The summed E-state index contributed by atoms with van der Waals surface area (Å²) in [5.74, 6) is -6.10. The Labute approximate surface area is 290 Å². The third kappa shape index (κ3) is 4.70. The van der Waals surface area contributed by atoms with Gasteiger partial charge >= 0.3 is 0 Å². The highest BCUT2D eigenvalue weighted by molar-refractivity contribution is 6.31. The highest BCUT2D eigenvalue weighted by Gasteiger charge is 2.70. The minimum Gasteiger partial charge on any atom is -0.508 e. The molecule has 2 aliphatic heterocycles. The summed E-state index contributed by atoms with van der Waals surface area (Å²) in [6.45, 7) is 0. The van der Waals surface area contributed by atoms with Crippen molar-refractivity contribution >= 4 is 58.2 Å². The molecular formula is C38H28Cl2FN3O5. The van der Waals surface area contributed by atoms with Crippen LogP contribution >= 0.6 is 23.2 Å². The van der Waals surface area contributed by atoms with Crippen LogP contribution in [0, 0.1) is 29.5 Å². The second kappa shape index (κ2) is 11.6. The van der Waals surface area contributed by atoms with Crippen molar-refractivity contribution in [1.29, 1.82) is 0 Å². The number of allylic oxidation sites excluding steroid dienone is 2. The maximum absolute atomic E-state index is 15.1. The zero-order valence-corrected chi connectivity index (χ0v) is 27.2. The van der Waals surface area contributed by atoms with Crippen LogP contribution in [0.1, 0.15) is 29.9 Å². The van der Waals surface area contributed by atoms with Crippen LogP contribution in [0.5, 0.6) is 5.75 Å². The van der Waals surface area contributed by atoms with E-state index in [1.165, 1.54) is 35.2 Å². The van der Waals surface area contributed by atoms with Gasteiger partial charge in [0.05, 0.1) is 34.5 Å².